The van der Waals surface area contributed by atoms with Crippen molar-refractivity contribution < 1.29 is 23.9 Å². The average molecular weight is 293 g/mol. The molecule has 1 aromatic heterocycles. The number of rotatable bonds is 5. The Labute approximate surface area is 118 Å². The van der Waals surface area contributed by atoms with Crippen LogP contribution >= 0.6 is 11.8 Å². The van der Waals surface area contributed by atoms with Gasteiger partial charge in [-0.05, 0) is 36.0 Å². The minimum absolute atomic E-state index is 0.112. The monoisotopic (exact) mass is 293 g/mol. The van der Waals surface area contributed by atoms with Crippen molar-refractivity contribution in [2.24, 2.45) is 0 Å². The zero-order valence-electron chi connectivity index (χ0n) is 10.3. The molecule has 6 nitrogen and oxygen atoms in total. The number of aliphatic carboxylic acids is 1. The fourth-order valence-corrected chi connectivity index (χ4v) is 2.35. The maximum Gasteiger partial charge on any atom is 0.305 e. The highest BCUT2D eigenvalue weighted by molar-refractivity contribution is 8.18. The number of hydrogen-bond acceptors (Lipinski definition) is 5. The van der Waals surface area contributed by atoms with Crippen LogP contribution in [0.5, 0.6) is 0 Å². The maximum atomic E-state index is 11.9. The van der Waals surface area contributed by atoms with Crippen molar-refractivity contribution in [1.29, 1.82) is 0 Å². The standard InChI is InChI=1S/C13H11NO5S/c15-11(16)6-7-14-12(17)10(20-13(14)18)5-1-3-9-4-2-8-19-9/h1-5,8H,6-7H2,(H,15,16). The minimum atomic E-state index is -1.05. The minimum Gasteiger partial charge on any atom is -0.481 e. The van der Waals surface area contributed by atoms with Gasteiger partial charge >= 0.3 is 5.97 Å². The van der Waals surface area contributed by atoms with E-state index in [4.69, 9.17) is 9.52 Å². The highest BCUT2D eigenvalue weighted by Gasteiger charge is 2.34. The summed E-state index contributed by atoms with van der Waals surface area (Å²) in [6, 6.07) is 3.49. The Bertz CT molecular complexity index is 588. The molecule has 1 aliphatic rings. The van der Waals surface area contributed by atoms with Crippen molar-refractivity contribution in [3.63, 3.8) is 0 Å². The Morgan fingerprint density at radius 3 is 2.90 bits per heavy atom. The molecule has 0 aromatic carbocycles. The number of carbonyl (C=O) groups is 3. The van der Waals surface area contributed by atoms with Crippen molar-refractivity contribution in [1.82, 2.24) is 4.90 Å². The number of allylic oxidation sites excluding steroid dienone is 2. The molecule has 0 spiro atoms. The number of thioether (sulfide) groups is 1. The van der Waals surface area contributed by atoms with Crippen LogP contribution in [0, 0.1) is 0 Å². The molecule has 1 saturated heterocycles. The number of carboxylic acid groups (broad SMARTS) is 1. The fourth-order valence-electron chi connectivity index (χ4n) is 1.53. The van der Waals surface area contributed by atoms with Gasteiger partial charge in [0.05, 0.1) is 17.6 Å². The Kier molecular flexibility index (Phi) is 4.41. The van der Waals surface area contributed by atoms with Crippen LogP contribution in [0.15, 0.2) is 39.9 Å². The van der Waals surface area contributed by atoms with Crippen LogP contribution in [0.25, 0.3) is 6.08 Å². The third-order valence-electron chi connectivity index (χ3n) is 2.47. The summed E-state index contributed by atoms with van der Waals surface area (Å²) in [4.78, 5) is 35.1. The van der Waals surface area contributed by atoms with Gasteiger partial charge in [-0.3, -0.25) is 19.3 Å². The number of amides is 2. The van der Waals surface area contributed by atoms with Crippen molar-refractivity contribution in [2.75, 3.05) is 6.54 Å². The summed E-state index contributed by atoms with van der Waals surface area (Å²) >= 11 is 0.794. The van der Waals surface area contributed by atoms with Crippen LogP contribution in [0.3, 0.4) is 0 Å². The molecule has 104 valence electrons. The predicted molar refractivity (Wildman–Crippen MR) is 72.8 cm³/mol. The molecule has 0 unspecified atom stereocenters. The lowest BCUT2D eigenvalue weighted by Crippen LogP contribution is -2.30. The summed E-state index contributed by atoms with van der Waals surface area (Å²) in [5, 5.41) is 8.12. The molecule has 1 fully saturated rings. The van der Waals surface area contributed by atoms with Crippen LogP contribution in [0.4, 0.5) is 4.79 Å². The molecule has 20 heavy (non-hydrogen) atoms. The molecule has 0 radical (unpaired) electrons. The van der Waals surface area contributed by atoms with Gasteiger partial charge in [0.1, 0.15) is 5.76 Å². The first-order chi connectivity index (χ1) is 9.58. The van der Waals surface area contributed by atoms with Crippen molar-refractivity contribution in [3.05, 3.63) is 41.2 Å². The summed E-state index contributed by atoms with van der Waals surface area (Å²) in [7, 11) is 0. The van der Waals surface area contributed by atoms with E-state index in [1.807, 2.05) is 0 Å². The third kappa shape index (κ3) is 3.39. The third-order valence-corrected chi connectivity index (χ3v) is 3.40. The zero-order valence-corrected chi connectivity index (χ0v) is 11.1. The molecule has 1 N–H and O–H groups in total. The number of furan rings is 1. The second kappa shape index (κ2) is 6.25. The SMILES string of the molecule is O=C(O)CCN1C(=O)SC(=CC=Cc2ccco2)C1=O. The predicted octanol–water partition coefficient (Wildman–Crippen LogP) is 2.35. The topological polar surface area (TPSA) is 87.8 Å². The first kappa shape index (κ1) is 14.1. The summed E-state index contributed by atoms with van der Waals surface area (Å²) in [5.74, 6) is -0.887. The molecular weight excluding hydrogens is 282 g/mol. The lowest BCUT2D eigenvalue weighted by atomic mass is 10.3. The van der Waals surface area contributed by atoms with Gasteiger partial charge in [-0.25, -0.2) is 0 Å². The second-order valence-electron chi connectivity index (χ2n) is 3.87. The lowest BCUT2D eigenvalue weighted by molar-refractivity contribution is -0.137. The van der Waals surface area contributed by atoms with E-state index in [9.17, 15) is 14.4 Å². The molecule has 0 bridgehead atoms. The molecular formula is C13H11NO5S. The van der Waals surface area contributed by atoms with Gasteiger partial charge in [-0.15, -0.1) is 0 Å². The summed E-state index contributed by atoms with van der Waals surface area (Å²) in [6.45, 7) is -0.112. The zero-order chi connectivity index (χ0) is 14.5. The van der Waals surface area contributed by atoms with E-state index < -0.39 is 17.1 Å². The molecule has 2 amide bonds. The quantitative estimate of drug-likeness (QED) is 0.838. The number of nitrogens with zero attached hydrogens (tertiary/aromatic N) is 1. The van der Waals surface area contributed by atoms with Crippen LogP contribution in [-0.2, 0) is 9.59 Å². The Balaban J connectivity index is 2.01. The average Bonchev–Trinajstić information content (AvgIpc) is 2.98. The first-order valence-corrected chi connectivity index (χ1v) is 6.57. The van der Waals surface area contributed by atoms with E-state index >= 15 is 0 Å². The Morgan fingerprint density at radius 1 is 1.45 bits per heavy atom. The summed E-state index contributed by atoms with van der Waals surface area (Å²) in [6.07, 6.45) is 6.04. The van der Waals surface area contributed by atoms with Crippen LogP contribution < -0.4 is 0 Å². The van der Waals surface area contributed by atoms with E-state index in [0.717, 1.165) is 16.7 Å². The summed E-state index contributed by atoms with van der Waals surface area (Å²) < 4.78 is 5.08. The Morgan fingerprint density at radius 2 is 2.25 bits per heavy atom. The number of carboxylic acids is 1. The van der Waals surface area contributed by atoms with Crippen LogP contribution in [0.2, 0.25) is 0 Å². The number of hydrogen-bond donors (Lipinski definition) is 1. The molecule has 0 aliphatic carbocycles. The highest BCUT2D eigenvalue weighted by atomic mass is 32.2. The fraction of sp³-hybridized carbons (Fsp3) is 0.154. The molecule has 2 rings (SSSR count). The van der Waals surface area contributed by atoms with E-state index in [-0.39, 0.29) is 17.9 Å². The van der Waals surface area contributed by atoms with Crippen LogP contribution in [-0.4, -0.2) is 33.7 Å². The van der Waals surface area contributed by atoms with Gasteiger partial charge in [0, 0.05) is 6.54 Å². The largest absolute Gasteiger partial charge is 0.481 e. The summed E-state index contributed by atoms with van der Waals surface area (Å²) in [5.41, 5.74) is 0. The Hall–Kier alpha value is -2.28. The highest BCUT2D eigenvalue weighted by Crippen LogP contribution is 2.30. The molecule has 0 atom stereocenters. The van der Waals surface area contributed by atoms with E-state index in [1.165, 1.54) is 12.3 Å². The van der Waals surface area contributed by atoms with E-state index in [0.29, 0.717) is 5.76 Å². The van der Waals surface area contributed by atoms with Crippen molar-refractivity contribution >= 4 is 35.0 Å². The molecule has 2 heterocycles. The van der Waals surface area contributed by atoms with Gasteiger partial charge in [-0.2, -0.15) is 0 Å². The number of imide groups is 1. The molecule has 1 aromatic rings. The molecule has 7 heteroatoms. The van der Waals surface area contributed by atoms with E-state index in [2.05, 4.69) is 0 Å². The smallest absolute Gasteiger partial charge is 0.305 e. The normalized spacial score (nSPS) is 17.6. The van der Waals surface area contributed by atoms with Gasteiger partial charge in [0.25, 0.3) is 11.1 Å². The van der Waals surface area contributed by atoms with Crippen molar-refractivity contribution in [3.8, 4) is 0 Å². The number of carbonyl (C=O) groups excluding carboxylic acids is 2. The maximum absolute atomic E-state index is 11.9. The van der Waals surface area contributed by atoms with Gasteiger partial charge < -0.3 is 9.52 Å². The first-order valence-electron chi connectivity index (χ1n) is 5.75. The lowest BCUT2D eigenvalue weighted by Gasteiger charge is -2.09. The molecule has 0 saturated carbocycles. The second-order valence-corrected chi connectivity index (χ2v) is 4.87. The van der Waals surface area contributed by atoms with Crippen LogP contribution in [0.1, 0.15) is 12.2 Å². The van der Waals surface area contributed by atoms with Gasteiger partial charge in [0.15, 0.2) is 0 Å². The van der Waals surface area contributed by atoms with E-state index in [1.54, 1.807) is 24.3 Å². The van der Waals surface area contributed by atoms with Crippen molar-refractivity contribution in [2.45, 2.75) is 6.42 Å². The van der Waals surface area contributed by atoms with Gasteiger partial charge in [-0.1, -0.05) is 6.08 Å². The van der Waals surface area contributed by atoms with Gasteiger partial charge in [0.2, 0.25) is 0 Å². The molecule has 1 aliphatic heterocycles.